The van der Waals surface area contributed by atoms with Crippen LogP contribution in [0.25, 0.3) is 0 Å². The lowest BCUT2D eigenvalue weighted by Gasteiger charge is -2.18. The summed E-state index contributed by atoms with van der Waals surface area (Å²) in [6, 6.07) is 7.04. The maximum absolute atomic E-state index is 11.8. The van der Waals surface area contributed by atoms with Crippen molar-refractivity contribution in [2.75, 3.05) is 24.3 Å². The largest absolute Gasteiger partial charge is 0.376 e. The summed E-state index contributed by atoms with van der Waals surface area (Å²) in [6.07, 6.45) is 2.11. The van der Waals surface area contributed by atoms with Gasteiger partial charge in [0.2, 0.25) is 5.91 Å². The average Bonchev–Trinajstić information content (AvgIpc) is 2.29. The van der Waals surface area contributed by atoms with Crippen molar-refractivity contribution in [2.24, 2.45) is 5.73 Å². The van der Waals surface area contributed by atoms with Gasteiger partial charge in [-0.05, 0) is 18.6 Å². The second-order valence-corrected chi connectivity index (χ2v) is 4.03. The molecule has 0 aliphatic rings. The van der Waals surface area contributed by atoms with Gasteiger partial charge in [-0.25, -0.2) is 0 Å². The fourth-order valence-corrected chi connectivity index (χ4v) is 1.48. The van der Waals surface area contributed by atoms with Crippen LogP contribution in [-0.2, 0) is 4.79 Å². The molecule has 0 aliphatic heterocycles. The van der Waals surface area contributed by atoms with Crippen LogP contribution in [0.5, 0.6) is 0 Å². The molecule has 3 N–H and O–H groups in total. The zero-order valence-electron chi connectivity index (χ0n) is 10.3. The number of carbonyl (C=O) groups is 1. The van der Waals surface area contributed by atoms with E-state index in [0.29, 0.717) is 6.42 Å². The number of anilines is 2. The lowest BCUT2D eigenvalue weighted by atomic mass is 10.2. The quantitative estimate of drug-likeness (QED) is 0.759. The van der Waals surface area contributed by atoms with Gasteiger partial charge in [-0.2, -0.15) is 0 Å². The van der Waals surface area contributed by atoms with Crippen LogP contribution in [0.4, 0.5) is 11.4 Å². The van der Waals surface area contributed by atoms with Crippen molar-refractivity contribution in [3.63, 3.8) is 0 Å². The highest BCUT2D eigenvalue weighted by Crippen LogP contribution is 2.23. The van der Waals surface area contributed by atoms with E-state index in [1.165, 1.54) is 0 Å². The Bertz CT molecular complexity index is 401. The molecule has 1 unspecified atom stereocenters. The number of para-hydroxylation sites is 2. The van der Waals surface area contributed by atoms with E-state index in [1.54, 1.807) is 6.08 Å². The zero-order chi connectivity index (χ0) is 12.8. The first-order valence-electron chi connectivity index (χ1n) is 5.50. The van der Waals surface area contributed by atoms with Crippen molar-refractivity contribution in [1.29, 1.82) is 0 Å². The van der Waals surface area contributed by atoms with Gasteiger partial charge in [0.1, 0.15) is 0 Å². The third kappa shape index (κ3) is 3.60. The van der Waals surface area contributed by atoms with E-state index in [-0.39, 0.29) is 5.91 Å². The number of amides is 1. The molecule has 4 heteroatoms. The van der Waals surface area contributed by atoms with Crippen LogP contribution >= 0.6 is 0 Å². The fraction of sp³-hybridized carbons (Fsp3) is 0.308. The van der Waals surface area contributed by atoms with Crippen LogP contribution in [0.15, 0.2) is 36.9 Å². The number of rotatable bonds is 5. The van der Waals surface area contributed by atoms with Gasteiger partial charge in [0.05, 0.1) is 17.4 Å². The Balaban J connectivity index is 2.81. The van der Waals surface area contributed by atoms with Crippen LogP contribution in [0, 0.1) is 0 Å². The Labute approximate surface area is 102 Å². The normalized spacial score (nSPS) is 11.7. The van der Waals surface area contributed by atoms with E-state index in [4.69, 9.17) is 5.73 Å². The molecule has 1 atom stereocenters. The molecule has 0 aliphatic carbocycles. The van der Waals surface area contributed by atoms with E-state index in [0.717, 1.165) is 11.4 Å². The lowest BCUT2D eigenvalue weighted by Crippen LogP contribution is -2.35. The summed E-state index contributed by atoms with van der Waals surface area (Å²) in [5.74, 6) is -0.195. The summed E-state index contributed by atoms with van der Waals surface area (Å²) in [7, 11) is 3.85. The molecule has 1 aromatic rings. The predicted octanol–water partition coefficient (Wildman–Crippen LogP) is 1.59. The molecular weight excluding hydrogens is 214 g/mol. The van der Waals surface area contributed by atoms with Gasteiger partial charge >= 0.3 is 0 Å². The number of nitrogens with two attached hydrogens (primary N) is 1. The molecule has 0 bridgehead atoms. The van der Waals surface area contributed by atoms with E-state index < -0.39 is 6.04 Å². The number of hydrogen-bond acceptors (Lipinski definition) is 3. The van der Waals surface area contributed by atoms with Gasteiger partial charge in [-0.3, -0.25) is 4.79 Å². The predicted molar refractivity (Wildman–Crippen MR) is 72.2 cm³/mol. The van der Waals surface area contributed by atoms with Crippen LogP contribution < -0.4 is 16.0 Å². The molecule has 92 valence electrons. The van der Waals surface area contributed by atoms with Gasteiger partial charge in [0, 0.05) is 14.1 Å². The van der Waals surface area contributed by atoms with Crippen LogP contribution in [0.1, 0.15) is 6.42 Å². The number of carbonyl (C=O) groups excluding carboxylic acids is 1. The van der Waals surface area contributed by atoms with Crippen molar-refractivity contribution in [3.8, 4) is 0 Å². The monoisotopic (exact) mass is 233 g/mol. The summed E-state index contributed by atoms with van der Waals surface area (Å²) in [4.78, 5) is 13.7. The fourth-order valence-electron chi connectivity index (χ4n) is 1.48. The maximum Gasteiger partial charge on any atom is 0.241 e. The molecule has 1 rings (SSSR count). The van der Waals surface area contributed by atoms with Crippen molar-refractivity contribution in [1.82, 2.24) is 0 Å². The highest BCUT2D eigenvalue weighted by atomic mass is 16.2. The van der Waals surface area contributed by atoms with Gasteiger partial charge in [-0.15, -0.1) is 6.58 Å². The number of nitrogens with zero attached hydrogens (tertiary/aromatic N) is 1. The van der Waals surface area contributed by atoms with Gasteiger partial charge in [0.15, 0.2) is 0 Å². The van der Waals surface area contributed by atoms with Gasteiger partial charge in [-0.1, -0.05) is 18.2 Å². The molecular formula is C13H19N3O. The Morgan fingerprint density at radius 2 is 2.18 bits per heavy atom. The minimum absolute atomic E-state index is 0.195. The maximum atomic E-state index is 11.8. The second-order valence-electron chi connectivity index (χ2n) is 4.03. The standard InChI is InChI=1S/C13H19N3O/c1-4-7-10(14)13(17)15-11-8-5-6-9-12(11)16(2)3/h4-6,8-10H,1,7,14H2,2-3H3,(H,15,17). The molecule has 0 radical (unpaired) electrons. The lowest BCUT2D eigenvalue weighted by molar-refractivity contribution is -0.117. The Kier molecular flexibility index (Phi) is 4.72. The third-order valence-corrected chi connectivity index (χ3v) is 2.40. The highest BCUT2D eigenvalue weighted by molar-refractivity contribution is 5.97. The molecule has 0 fully saturated rings. The molecule has 0 aromatic heterocycles. The van der Waals surface area contributed by atoms with E-state index in [2.05, 4.69) is 11.9 Å². The topological polar surface area (TPSA) is 58.4 Å². The molecule has 4 nitrogen and oxygen atoms in total. The Hall–Kier alpha value is -1.81. The zero-order valence-corrected chi connectivity index (χ0v) is 10.3. The average molecular weight is 233 g/mol. The van der Waals surface area contributed by atoms with Crippen LogP contribution in [0.3, 0.4) is 0 Å². The molecule has 1 amide bonds. The van der Waals surface area contributed by atoms with Crippen molar-refractivity contribution < 1.29 is 4.79 Å². The van der Waals surface area contributed by atoms with Crippen molar-refractivity contribution in [3.05, 3.63) is 36.9 Å². The smallest absolute Gasteiger partial charge is 0.241 e. The van der Waals surface area contributed by atoms with Crippen LogP contribution in [0.2, 0.25) is 0 Å². The summed E-state index contributed by atoms with van der Waals surface area (Å²) in [6.45, 7) is 3.57. The van der Waals surface area contributed by atoms with Gasteiger partial charge in [0.25, 0.3) is 0 Å². The molecule has 0 saturated carbocycles. The molecule has 17 heavy (non-hydrogen) atoms. The summed E-state index contributed by atoms with van der Waals surface area (Å²) in [5, 5.41) is 2.82. The minimum atomic E-state index is -0.553. The van der Waals surface area contributed by atoms with Crippen LogP contribution in [-0.4, -0.2) is 26.0 Å². The van der Waals surface area contributed by atoms with E-state index in [1.807, 2.05) is 43.3 Å². The molecule has 0 heterocycles. The number of hydrogen-bond donors (Lipinski definition) is 2. The minimum Gasteiger partial charge on any atom is -0.376 e. The second kappa shape index (κ2) is 6.06. The first kappa shape index (κ1) is 13.3. The molecule has 0 spiro atoms. The molecule has 1 aromatic carbocycles. The first-order chi connectivity index (χ1) is 8.06. The number of benzene rings is 1. The SMILES string of the molecule is C=CCC(N)C(=O)Nc1ccccc1N(C)C. The summed E-state index contributed by atoms with van der Waals surface area (Å²) < 4.78 is 0. The number of nitrogens with one attached hydrogen (secondary N) is 1. The van der Waals surface area contributed by atoms with E-state index >= 15 is 0 Å². The third-order valence-electron chi connectivity index (χ3n) is 2.40. The highest BCUT2D eigenvalue weighted by Gasteiger charge is 2.13. The summed E-state index contributed by atoms with van der Waals surface area (Å²) >= 11 is 0. The Morgan fingerprint density at radius 1 is 1.53 bits per heavy atom. The van der Waals surface area contributed by atoms with Crippen molar-refractivity contribution >= 4 is 17.3 Å². The molecule has 0 saturated heterocycles. The summed E-state index contributed by atoms with van der Waals surface area (Å²) in [5.41, 5.74) is 7.42. The van der Waals surface area contributed by atoms with Gasteiger partial charge < -0.3 is 16.0 Å². The Morgan fingerprint density at radius 3 is 2.76 bits per heavy atom. The van der Waals surface area contributed by atoms with Crippen molar-refractivity contribution in [2.45, 2.75) is 12.5 Å². The first-order valence-corrected chi connectivity index (χ1v) is 5.50. The van der Waals surface area contributed by atoms with E-state index in [9.17, 15) is 4.79 Å².